The fourth-order valence-electron chi connectivity index (χ4n) is 4.12. The number of anilines is 2. The van der Waals surface area contributed by atoms with Gasteiger partial charge in [-0.3, -0.25) is 9.69 Å². The van der Waals surface area contributed by atoms with E-state index in [0.717, 1.165) is 6.54 Å². The fraction of sp³-hybridized carbons (Fsp3) is 0.286. The second-order valence-corrected chi connectivity index (χ2v) is 9.83. The molecule has 0 aliphatic carbocycles. The summed E-state index contributed by atoms with van der Waals surface area (Å²) in [4.78, 5) is 19.1. The summed E-state index contributed by atoms with van der Waals surface area (Å²) in [6.07, 6.45) is 0.708. The molecule has 166 valence electrons. The number of hydrogen-bond donors (Lipinski definition) is 3. The van der Waals surface area contributed by atoms with Crippen LogP contribution in [0.4, 0.5) is 17.2 Å². The molecule has 0 saturated carbocycles. The molecule has 1 saturated heterocycles. The van der Waals surface area contributed by atoms with Crippen molar-refractivity contribution in [2.24, 2.45) is 4.99 Å². The maximum Gasteiger partial charge on any atom is 0.272 e. The number of hydrogen-bond acceptors (Lipinski definition) is 8. The largest absolute Gasteiger partial charge is 0.399 e. The molecular weight excluding hydrogens is 430 g/mol. The first-order valence-corrected chi connectivity index (χ1v) is 11.8. The molecule has 0 atom stereocenters. The summed E-state index contributed by atoms with van der Waals surface area (Å²) in [5.41, 5.74) is 6.67. The molecule has 10 nitrogen and oxygen atoms in total. The third-order valence-corrected chi connectivity index (χ3v) is 7.66. The number of nitrogens with two attached hydrogens (primary N) is 1. The van der Waals surface area contributed by atoms with Crippen LogP contribution in [-0.4, -0.2) is 66.4 Å². The number of rotatable bonds is 4. The van der Waals surface area contributed by atoms with Crippen molar-refractivity contribution < 1.29 is 8.42 Å². The average molecular weight is 454 g/mol. The van der Waals surface area contributed by atoms with Gasteiger partial charge in [0, 0.05) is 25.3 Å². The van der Waals surface area contributed by atoms with Crippen LogP contribution in [0.1, 0.15) is 6.42 Å². The van der Waals surface area contributed by atoms with E-state index in [2.05, 4.69) is 25.4 Å². The Morgan fingerprint density at radius 3 is 2.66 bits per heavy atom. The van der Waals surface area contributed by atoms with E-state index in [9.17, 15) is 13.2 Å². The average Bonchev–Trinajstić information content (AvgIpc) is 3.02. The van der Waals surface area contributed by atoms with E-state index in [1.807, 2.05) is 6.07 Å². The van der Waals surface area contributed by atoms with Crippen molar-refractivity contribution in [2.75, 3.05) is 43.8 Å². The van der Waals surface area contributed by atoms with Gasteiger partial charge in [0.2, 0.25) is 10.0 Å². The maximum absolute atomic E-state index is 13.0. The van der Waals surface area contributed by atoms with E-state index >= 15 is 0 Å². The first-order valence-electron chi connectivity index (χ1n) is 10.4. The number of nitrogens with zero attached hydrogens (tertiary/aromatic N) is 4. The first-order chi connectivity index (χ1) is 15.4. The standard InChI is InChI=1S/C21H23N7O3S/c22-14-5-7-15(8-6-14)32(30,31)28-10-2-9-27(11-12-28)13-18-23-17-4-1-3-16-19(17)20(24-18)25-26-21(16)29/h1,3-8H,2,9-13,22H2,(H,26,29)(H,23,24,25). The lowest BCUT2D eigenvalue weighted by molar-refractivity contribution is 0.324. The predicted molar refractivity (Wildman–Crippen MR) is 124 cm³/mol. The third kappa shape index (κ3) is 3.74. The minimum atomic E-state index is -3.57. The van der Waals surface area contributed by atoms with Crippen LogP contribution in [0.2, 0.25) is 0 Å². The van der Waals surface area contributed by atoms with Gasteiger partial charge in [-0.15, -0.1) is 0 Å². The second kappa shape index (κ2) is 8.01. The number of aromatic amines is 1. The van der Waals surface area contributed by atoms with Crippen molar-refractivity contribution >= 4 is 43.8 Å². The summed E-state index contributed by atoms with van der Waals surface area (Å²) < 4.78 is 27.5. The van der Waals surface area contributed by atoms with Gasteiger partial charge in [-0.1, -0.05) is 6.07 Å². The van der Waals surface area contributed by atoms with E-state index in [-0.39, 0.29) is 10.5 Å². The molecule has 5 rings (SSSR count). The van der Waals surface area contributed by atoms with E-state index in [4.69, 9.17) is 5.73 Å². The lowest BCUT2D eigenvalue weighted by atomic mass is 10.1. The minimum absolute atomic E-state index is 0.249. The summed E-state index contributed by atoms with van der Waals surface area (Å²) in [5, 5.41) is 11.1. The molecule has 3 aromatic rings. The van der Waals surface area contributed by atoms with Gasteiger partial charge in [0.1, 0.15) is 5.84 Å². The Morgan fingerprint density at radius 2 is 1.84 bits per heavy atom. The number of nitrogens with one attached hydrogen (secondary N) is 2. The van der Waals surface area contributed by atoms with Gasteiger partial charge < -0.3 is 11.1 Å². The highest BCUT2D eigenvalue weighted by atomic mass is 32.2. The predicted octanol–water partition coefficient (Wildman–Crippen LogP) is 1.36. The fourth-order valence-corrected chi connectivity index (χ4v) is 5.59. The molecule has 4 N–H and O–H groups in total. The SMILES string of the molecule is Nc1ccc(S(=O)(=O)N2CCCN(CC3=Nc4cccc5c(=O)[nH]nc(c45)N3)CC2)cc1. The molecule has 0 unspecified atom stereocenters. The zero-order valence-corrected chi connectivity index (χ0v) is 18.1. The highest BCUT2D eigenvalue weighted by molar-refractivity contribution is 7.89. The molecule has 0 amide bonds. The Morgan fingerprint density at radius 1 is 1.03 bits per heavy atom. The molecule has 2 aliphatic heterocycles. The van der Waals surface area contributed by atoms with E-state index in [0.29, 0.717) is 66.4 Å². The van der Waals surface area contributed by atoms with Crippen molar-refractivity contribution in [3.8, 4) is 0 Å². The number of sulfonamides is 1. The van der Waals surface area contributed by atoms with Crippen LogP contribution in [-0.2, 0) is 10.0 Å². The molecule has 3 heterocycles. The van der Waals surface area contributed by atoms with Crippen LogP contribution in [0.15, 0.2) is 57.1 Å². The molecule has 0 bridgehead atoms. The maximum atomic E-state index is 13.0. The van der Waals surface area contributed by atoms with Gasteiger partial charge in [-0.2, -0.15) is 9.40 Å². The summed E-state index contributed by atoms with van der Waals surface area (Å²) in [5.74, 6) is 1.28. The monoisotopic (exact) mass is 453 g/mol. The molecule has 11 heteroatoms. The molecular formula is C21H23N7O3S. The van der Waals surface area contributed by atoms with E-state index < -0.39 is 10.0 Å². The summed E-state index contributed by atoms with van der Waals surface area (Å²) >= 11 is 0. The summed E-state index contributed by atoms with van der Waals surface area (Å²) in [6.45, 7) is 2.67. The van der Waals surface area contributed by atoms with Crippen molar-refractivity contribution in [3.05, 3.63) is 52.8 Å². The molecule has 1 aromatic heterocycles. The normalized spacial score (nSPS) is 17.6. The van der Waals surface area contributed by atoms with Gasteiger partial charge in [-0.25, -0.2) is 18.5 Å². The molecule has 1 fully saturated rings. The highest BCUT2D eigenvalue weighted by Crippen LogP contribution is 2.32. The molecule has 0 spiro atoms. The lowest BCUT2D eigenvalue weighted by Crippen LogP contribution is -2.38. The number of aromatic nitrogens is 2. The van der Waals surface area contributed by atoms with Gasteiger partial charge in [0.15, 0.2) is 5.82 Å². The minimum Gasteiger partial charge on any atom is -0.399 e. The molecule has 0 radical (unpaired) electrons. The first kappa shape index (κ1) is 20.6. The zero-order chi connectivity index (χ0) is 22.3. The Bertz CT molecular complexity index is 1370. The smallest absolute Gasteiger partial charge is 0.272 e. The van der Waals surface area contributed by atoms with Gasteiger partial charge in [0.25, 0.3) is 5.56 Å². The summed E-state index contributed by atoms with van der Waals surface area (Å²) in [7, 11) is -3.57. The highest BCUT2D eigenvalue weighted by Gasteiger charge is 2.28. The zero-order valence-electron chi connectivity index (χ0n) is 17.3. The van der Waals surface area contributed by atoms with Crippen molar-refractivity contribution in [1.29, 1.82) is 0 Å². The van der Waals surface area contributed by atoms with Crippen LogP contribution in [0.25, 0.3) is 10.8 Å². The topological polar surface area (TPSA) is 137 Å². The number of nitrogen functional groups attached to an aromatic ring is 1. The number of H-pyrrole nitrogens is 1. The van der Waals surface area contributed by atoms with E-state index in [1.165, 1.54) is 4.31 Å². The van der Waals surface area contributed by atoms with Crippen LogP contribution >= 0.6 is 0 Å². The molecule has 32 heavy (non-hydrogen) atoms. The Hall–Kier alpha value is -3.28. The van der Waals surface area contributed by atoms with Crippen molar-refractivity contribution in [3.63, 3.8) is 0 Å². The van der Waals surface area contributed by atoms with E-state index in [1.54, 1.807) is 36.4 Å². The van der Waals surface area contributed by atoms with Crippen LogP contribution < -0.4 is 16.6 Å². The van der Waals surface area contributed by atoms with Crippen molar-refractivity contribution in [1.82, 2.24) is 19.4 Å². The van der Waals surface area contributed by atoms with Crippen LogP contribution in [0.5, 0.6) is 0 Å². The van der Waals surface area contributed by atoms with Crippen LogP contribution in [0, 0.1) is 0 Å². The van der Waals surface area contributed by atoms with Gasteiger partial charge >= 0.3 is 0 Å². The Kier molecular flexibility index (Phi) is 5.16. The quantitative estimate of drug-likeness (QED) is 0.507. The van der Waals surface area contributed by atoms with Crippen molar-refractivity contribution in [2.45, 2.75) is 11.3 Å². The van der Waals surface area contributed by atoms with Crippen LogP contribution in [0.3, 0.4) is 0 Å². The molecule has 2 aromatic carbocycles. The summed E-state index contributed by atoms with van der Waals surface area (Å²) in [6, 6.07) is 11.7. The number of benzene rings is 2. The number of aliphatic imine (C=N–C) groups is 1. The number of amidine groups is 1. The Balaban J connectivity index is 1.31. The van der Waals surface area contributed by atoms with Gasteiger partial charge in [-0.05, 0) is 49.4 Å². The van der Waals surface area contributed by atoms with Gasteiger partial charge in [0.05, 0.1) is 27.9 Å². The lowest BCUT2D eigenvalue weighted by Gasteiger charge is -2.24. The third-order valence-electron chi connectivity index (χ3n) is 5.75. The molecule has 2 aliphatic rings. The second-order valence-electron chi connectivity index (χ2n) is 7.89. The Labute approximate surface area is 184 Å².